The summed E-state index contributed by atoms with van der Waals surface area (Å²) in [5, 5.41) is 10.5. The van der Waals surface area contributed by atoms with Crippen molar-refractivity contribution in [2.45, 2.75) is 0 Å². The smallest absolute Gasteiger partial charge is 0.208 e. The summed E-state index contributed by atoms with van der Waals surface area (Å²) in [6.07, 6.45) is 3.20. The molecular formula is C17H18N8O. The van der Waals surface area contributed by atoms with Gasteiger partial charge < -0.3 is 20.4 Å². The summed E-state index contributed by atoms with van der Waals surface area (Å²) in [7, 11) is 1.85. The van der Waals surface area contributed by atoms with E-state index in [2.05, 4.69) is 35.7 Å². The lowest BCUT2D eigenvalue weighted by molar-refractivity contribution is 0.333. The molecule has 0 bridgehead atoms. The van der Waals surface area contributed by atoms with Gasteiger partial charge in [0.05, 0.1) is 12.7 Å². The molecule has 0 saturated heterocycles. The Morgan fingerprint density at radius 1 is 1.15 bits per heavy atom. The molecule has 4 aromatic rings. The van der Waals surface area contributed by atoms with E-state index in [9.17, 15) is 0 Å². The molecule has 0 atom stereocenters. The number of benzene rings is 1. The lowest BCUT2D eigenvalue weighted by atomic mass is 10.3. The second kappa shape index (κ2) is 7.09. The number of nitrogens with zero attached hydrogens (tertiary/aromatic N) is 5. The van der Waals surface area contributed by atoms with Crippen LogP contribution in [0, 0.1) is 0 Å². The predicted octanol–water partition coefficient (Wildman–Crippen LogP) is 2.32. The Morgan fingerprint density at radius 2 is 2.04 bits per heavy atom. The molecule has 0 radical (unpaired) electrons. The van der Waals surface area contributed by atoms with Crippen LogP contribution in [0.5, 0.6) is 5.75 Å². The highest BCUT2D eigenvalue weighted by atomic mass is 16.5. The molecule has 0 aliphatic heterocycles. The lowest BCUT2D eigenvalue weighted by Crippen LogP contribution is -2.12. The normalized spacial score (nSPS) is 10.8. The first kappa shape index (κ1) is 15.9. The van der Waals surface area contributed by atoms with Crippen LogP contribution in [0.4, 0.5) is 17.6 Å². The van der Waals surface area contributed by atoms with Crippen LogP contribution in [-0.2, 0) is 7.05 Å². The van der Waals surface area contributed by atoms with Crippen LogP contribution in [0.15, 0.2) is 48.9 Å². The van der Waals surface area contributed by atoms with E-state index in [1.54, 1.807) is 10.9 Å². The van der Waals surface area contributed by atoms with Crippen molar-refractivity contribution in [2.24, 2.45) is 7.05 Å². The van der Waals surface area contributed by atoms with Crippen molar-refractivity contribution in [3.05, 3.63) is 48.9 Å². The molecule has 0 unspecified atom stereocenters. The Balaban J connectivity index is 1.43. The summed E-state index contributed by atoms with van der Waals surface area (Å²) < 4.78 is 7.40. The number of aryl methyl sites for hydroxylation is 1. The van der Waals surface area contributed by atoms with Gasteiger partial charge in [0, 0.05) is 13.1 Å². The van der Waals surface area contributed by atoms with E-state index < -0.39 is 0 Å². The number of imidazole rings is 1. The highest BCUT2D eigenvalue weighted by molar-refractivity contribution is 5.84. The molecule has 1 aromatic carbocycles. The summed E-state index contributed by atoms with van der Waals surface area (Å²) in [6.45, 7) is 1.12. The number of fused-ring (bicyclic) bond motifs is 1. The van der Waals surface area contributed by atoms with E-state index >= 15 is 0 Å². The number of rotatable bonds is 7. The molecule has 3 N–H and O–H groups in total. The van der Waals surface area contributed by atoms with Gasteiger partial charge in [0.2, 0.25) is 5.95 Å². The summed E-state index contributed by atoms with van der Waals surface area (Å²) in [4.78, 5) is 16.1. The Bertz CT molecular complexity index is 994. The van der Waals surface area contributed by atoms with E-state index in [-0.39, 0.29) is 0 Å². The highest BCUT2D eigenvalue weighted by Gasteiger charge is 2.10. The quantitative estimate of drug-likeness (QED) is 0.439. The van der Waals surface area contributed by atoms with Crippen molar-refractivity contribution in [1.82, 2.24) is 29.7 Å². The maximum absolute atomic E-state index is 5.67. The molecular weight excluding hydrogens is 332 g/mol. The number of aromatic amines is 1. The number of hydrogen-bond donors (Lipinski definition) is 3. The van der Waals surface area contributed by atoms with Crippen molar-refractivity contribution in [3.8, 4) is 5.75 Å². The first-order valence-corrected chi connectivity index (χ1v) is 8.17. The third-order valence-electron chi connectivity index (χ3n) is 3.76. The first-order valence-electron chi connectivity index (χ1n) is 8.17. The third-order valence-corrected chi connectivity index (χ3v) is 3.76. The van der Waals surface area contributed by atoms with Crippen LogP contribution >= 0.6 is 0 Å². The van der Waals surface area contributed by atoms with E-state index in [1.165, 1.54) is 6.33 Å². The minimum Gasteiger partial charge on any atom is -0.492 e. The van der Waals surface area contributed by atoms with Gasteiger partial charge in [-0.25, -0.2) is 9.97 Å². The van der Waals surface area contributed by atoms with Crippen LogP contribution in [0.2, 0.25) is 0 Å². The number of para-hydroxylation sites is 1. The monoisotopic (exact) mass is 350 g/mol. The van der Waals surface area contributed by atoms with Gasteiger partial charge in [-0.15, -0.1) is 0 Å². The molecule has 26 heavy (non-hydrogen) atoms. The van der Waals surface area contributed by atoms with Crippen LogP contribution in [0.3, 0.4) is 0 Å². The number of ether oxygens (including phenoxy) is 1. The fourth-order valence-electron chi connectivity index (χ4n) is 2.49. The van der Waals surface area contributed by atoms with Crippen molar-refractivity contribution in [2.75, 3.05) is 23.8 Å². The standard InChI is InChI=1S/C17H18N8O/c1-25-13(7-8-21-25)22-17-23-14-15(19-11-20-16(14)24-17)18-9-10-26-12-5-3-2-4-6-12/h2-8,11H,9-10H2,1H3,(H3,18,19,20,22,23,24). The van der Waals surface area contributed by atoms with Crippen molar-refractivity contribution < 1.29 is 4.74 Å². The fraction of sp³-hybridized carbons (Fsp3) is 0.176. The zero-order chi connectivity index (χ0) is 17.8. The summed E-state index contributed by atoms with van der Waals surface area (Å²) in [5.41, 5.74) is 1.31. The first-order chi connectivity index (χ1) is 12.8. The molecule has 132 valence electrons. The second-order valence-corrected chi connectivity index (χ2v) is 5.56. The minimum atomic E-state index is 0.518. The minimum absolute atomic E-state index is 0.518. The van der Waals surface area contributed by atoms with Gasteiger partial charge in [-0.3, -0.25) is 4.68 Å². The van der Waals surface area contributed by atoms with Gasteiger partial charge >= 0.3 is 0 Å². The molecule has 4 rings (SSSR count). The van der Waals surface area contributed by atoms with Gasteiger partial charge in [-0.1, -0.05) is 18.2 Å². The maximum atomic E-state index is 5.67. The average Bonchev–Trinajstić information content (AvgIpc) is 3.26. The Hall–Kier alpha value is -3.62. The molecule has 0 aliphatic rings. The average molecular weight is 350 g/mol. The predicted molar refractivity (Wildman–Crippen MR) is 98.6 cm³/mol. The largest absolute Gasteiger partial charge is 0.492 e. The highest BCUT2D eigenvalue weighted by Crippen LogP contribution is 2.20. The molecule has 0 amide bonds. The van der Waals surface area contributed by atoms with Gasteiger partial charge in [0.25, 0.3) is 0 Å². The van der Waals surface area contributed by atoms with Crippen LogP contribution < -0.4 is 15.4 Å². The van der Waals surface area contributed by atoms with E-state index in [0.29, 0.717) is 30.6 Å². The van der Waals surface area contributed by atoms with Crippen molar-refractivity contribution in [3.63, 3.8) is 0 Å². The van der Waals surface area contributed by atoms with Gasteiger partial charge in [-0.2, -0.15) is 10.1 Å². The molecule has 3 heterocycles. The summed E-state index contributed by atoms with van der Waals surface area (Å²) in [6, 6.07) is 11.6. The van der Waals surface area contributed by atoms with Crippen LogP contribution in [0.1, 0.15) is 0 Å². The number of aromatic nitrogens is 6. The maximum Gasteiger partial charge on any atom is 0.208 e. The van der Waals surface area contributed by atoms with Crippen molar-refractivity contribution in [1.29, 1.82) is 0 Å². The SMILES string of the molecule is Cn1nccc1Nc1nc2ncnc(NCCOc3ccccc3)c2[nH]1. The van der Waals surface area contributed by atoms with E-state index in [0.717, 1.165) is 17.1 Å². The number of anilines is 3. The Morgan fingerprint density at radius 3 is 2.85 bits per heavy atom. The number of hydrogen-bond acceptors (Lipinski definition) is 7. The van der Waals surface area contributed by atoms with Crippen molar-refractivity contribution >= 4 is 28.7 Å². The Labute approximate surface area is 149 Å². The third kappa shape index (κ3) is 3.41. The molecule has 0 fully saturated rings. The van der Waals surface area contributed by atoms with E-state index in [4.69, 9.17) is 4.74 Å². The molecule has 0 aliphatic carbocycles. The molecule has 0 saturated carbocycles. The molecule has 9 nitrogen and oxygen atoms in total. The molecule has 3 aromatic heterocycles. The van der Waals surface area contributed by atoms with Crippen LogP contribution in [-0.4, -0.2) is 42.9 Å². The zero-order valence-corrected chi connectivity index (χ0v) is 14.2. The van der Waals surface area contributed by atoms with Gasteiger partial charge in [0.15, 0.2) is 11.5 Å². The van der Waals surface area contributed by atoms with Gasteiger partial charge in [0.1, 0.15) is 30.0 Å². The Kier molecular flexibility index (Phi) is 4.33. The summed E-state index contributed by atoms with van der Waals surface area (Å²) >= 11 is 0. The zero-order valence-electron chi connectivity index (χ0n) is 14.2. The van der Waals surface area contributed by atoms with E-state index in [1.807, 2.05) is 43.4 Å². The molecule has 0 spiro atoms. The fourth-order valence-corrected chi connectivity index (χ4v) is 2.49. The second-order valence-electron chi connectivity index (χ2n) is 5.56. The summed E-state index contributed by atoms with van der Waals surface area (Å²) in [5.74, 6) is 2.92. The lowest BCUT2D eigenvalue weighted by Gasteiger charge is -2.08. The number of H-pyrrole nitrogens is 1. The number of nitrogens with one attached hydrogen (secondary N) is 3. The van der Waals surface area contributed by atoms with Crippen LogP contribution in [0.25, 0.3) is 11.2 Å². The molecule has 9 heteroatoms. The topological polar surface area (TPSA) is 106 Å². The van der Waals surface area contributed by atoms with Gasteiger partial charge in [-0.05, 0) is 12.1 Å².